The number of hydrogen-bond donors (Lipinski definition) is 0. The average Bonchev–Trinajstić information content (AvgIpc) is 2.61. The Labute approximate surface area is 126 Å². The molecule has 100 valence electrons. The summed E-state index contributed by atoms with van der Waals surface area (Å²) in [6.07, 6.45) is 0. The van der Waals surface area contributed by atoms with Crippen LogP contribution in [-0.4, -0.2) is 11.6 Å². The van der Waals surface area contributed by atoms with Gasteiger partial charge in [-0.2, -0.15) is 0 Å². The van der Waals surface area contributed by atoms with Crippen molar-refractivity contribution in [3.8, 4) is 0 Å². The van der Waals surface area contributed by atoms with E-state index >= 15 is 0 Å². The first kappa shape index (κ1) is 12.3. The lowest BCUT2D eigenvalue weighted by Crippen LogP contribution is -2.06. The van der Waals surface area contributed by atoms with E-state index in [1.807, 2.05) is 6.07 Å². The lowest BCUT2D eigenvalue weighted by molar-refractivity contribution is 0.101. The van der Waals surface area contributed by atoms with Crippen molar-refractivity contribution >= 4 is 33.9 Å². The molecule has 0 aromatic heterocycles. The highest BCUT2D eigenvalue weighted by Crippen LogP contribution is 2.35. The molecule has 3 aromatic carbocycles. The molecule has 0 amide bonds. The maximum absolute atomic E-state index is 12.8. The molecule has 0 N–H and O–H groups in total. The highest BCUT2D eigenvalue weighted by molar-refractivity contribution is 6.39. The minimum absolute atomic E-state index is 0.134. The number of ketones is 2. The smallest absolute Gasteiger partial charge is 0.194 e. The van der Waals surface area contributed by atoms with Crippen LogP contribution in [0, 0.1) is 0 Å². The summed E-state index contributed by atoms with van der Waals surface area (Å²) in [7, 11) is 0. The monoisotopic (exact) mass is 292 g/mol. The molecule has 21 heavy (non-hydrogen) atoms. The minimum Gasteiger partial charge on any atom is -0.289 e. The Morgan fingerprint density at radius 1 is 0.619 bits per heavy atom. The average molecular weight is 293 g/mol. The standard InChI is InChI=1S/C18H9ClO2/c19-15-9-8-14-16-12(15)6-3-7-13(16)17(20)10-4-1-2-5-11(10)18(14)21/h1-9H. The Morgan fingerprint density at radius 3 is 1.86 bits per heavy atom. The van der Waals surface area contributed by atoms with Gasteiger partial charge < -0.3 is 0 Å². The number of halogens is 1. The molecule has 0 spiro atoms. The lowest BCUT2D eigenvalue weighted by Gasteiger charge is -2.07. The van der Waals surface area contributed by atoms with Gasteiger partial charge in [0.1, 0.15) is 0 Å². The first-order valence-electron chi connectivity index (χ1n) is 6.58. The molecule has 3 heteroatoms. The van der Waals surface area contributed by atoms with Crippen molar-refractivity contribution < 1.29 is 9.59 Å². The van der Waals surface area contributed by atoms with Crippen LogP contribution in [0.5, 0.6) is 0 Å². The Morgan fingerprint density at radius 2 is 1.19 bits per heavy atom. The van der Waals surface area contributed by atoms with Crippen molar-refractivity contribution in [3.63, 3.8) is 0 Å². The van der Waals surface area contributed by atoms with Crippen LogP contribution < -0.4 is 0 Å². The number of benzene rings is 3. The number of carbonyl (C=O) groups excluding carboxylic acids is 2. The van der Waals surface area contributed by atoms with Crippen molar-refractivity contribution in [1.29, 1.82) is 0 Å². The number of hydrogen-bond acceptors (Lipinski definition) is 2. The van der Waals surface area contributed by atoms with Gasteiger partial charge in [-0.05, 0) is 12.1 Å². The molecule has 2 nitrogen and oxygen atoms in total. The van der Waals surface area contributed by atoms with E-state index in [9.17, 15) is 9.59 Å². The highest BCUT2D eigenvalue weighted by atomic mass is 35.5. The van der Waals surface area contributed by atoms with Gasteiger partial charge in [0.05, 0.1) is 0 Å². The maximum atomic E-state index is 12.8. The molecule has 0 saturated carbocycles. The van der Waals surface area contributed by atoms with Crippen LogP contribution in [0.25, 0.3) is 10.8 Å². The second-order valence-electron chi connectivity index (χ2n) is 5.03. The van der Waals surface area contributed by atoms with Crippen LogP contribution in [0.15, 0.2) is 54.6 Å². The summed E-state index contributed by atoms with van der Waals surface area (Å²) in [5.74, 6) is -0.267. The van der Waals surface area contributed by atoms with Gasteiger partial charge in [0, 0.05) is 38.0 Å². The van der Waals surface area contributed by atoms with Crippen LogP contribution >= 0.6 is 11.6 Å². The van der Waals surface area contributed by atoms with E-state index in [2.05, 4.69) is 0 Å². The van der Waals surface area contributed by atoms with E-state index in [-0.39, 0.29) is 11.6 Å². The van der Waals surface area contributed by atoms with E-state index in [0.717, 1.165) is 5.39 Å². The van der Waals surface area contributed by atoms with Crippen molar-refractivity contribution in [1.82, 2.24) is 0 Å². The predicted octanol–water partition coefficient (Wildman–Crippen LogP) is 4.27. The molecule has 0 radical (unpaired) electrons. The van der Waals surface area contributed by atoms with Crippen LogP contribution in [0.1, 0.15) is 31.8 Å². The molecule has 0 bridgehead atoms. The molecule has 0 saturated heterocycles. The first-order chi connectivity index (χ1) is 10.2. The van der Waals surface area contributed by atoms with Gasteiger partial charge in [0.25, 0.3) is 0 Å². The van der Waals surface area contributed by atoms with Crippen molar-refractivity contribution in [2.24, 2.45) is 0 Å². The third-order valence-corrected chi connectivity index (χ3v) is 4.22. The second-order valence-corrected chi connectivity index (χ2v) is 5.43. The topological polar surface area (TPSA) is 34.1 Å². The molecular formula is C18H9ClO2. The van der Waals surface area contributed by atoms with Crippen molar-refractivity contribution in [2.45, 2.75) is 0 Å². The summed E-state index contributed by atoms with van der Waals surface area (Å²) in [6.45, 7) is 0. The molecule has 0 heterocycles. The zero-order valence-electron chi connectivity index (χ0n) is 10.9. The van der Waals surface area contributed by atoms with Crippen LogP contribution in [0.3, 0.4) is 0 Å². The summed E-state index contributed by atoms with van der Waals surface area (Å²) in [4.78, 5) is 25.6. The van der Waals surface area contributed by atoms with Crippen molar-refractivity contribution in [3.05, 3.63) is 81.9 Å². The minimum atomic E-state index is -0.134. The van der Waals surface area contributed by atoms with E-state index < -0.39 is 0 Å². The Hall–Kier alpha value is -2.45. The quantitative estimate of drug-likeness (QED) is 0.485. The van der Waals surface area contributed by atoms with E-state index in [1.165, 1.54) is 0 Å². The fraction of sp³-hybridized carbons (Fsp3) is 0. The van der Waals surface area contributed by atoms with Gasteiger partial charge in [-0.1, -0.05) is 54.1 Å². The van der Waals surface area contributed by atoms with Gasteiger partial charge >= 0.3 is 0 Å². The summed E-state index contributed by atoms with van der Waals surface area (Å²) in [6, 6.07) is 15.7. The third kappa shape index (κ3) is 1.60. The predicted molar refractivity (Wildman–Crippen MR) is 82.3 cm³/mol. The molecule has 1 aliphatic carbocycles. The molecule has 0 aliphatic heterocycles. The fourth-order valence-electron chi connectivity index (χ4n) is 2.92. The Bertz CT molecular complexity index is 900. The molecule has 3 aromatic rings. The summed E-state index contributed by atoms with van der Waals surface area (Å²) < 4.78 is 0. The Balaban J connectivity index is 2.24. The van der Waals surface area contributed by atoms with Crippen molar-refractivity contribution in [2.75, 3.05) is 0 Å². The van der Waals surface area contributed by atoms with Gasteiger partial charge in [0.2, 0.25) is 0 Å². The molecular weight excluding hydrogens is 284 g/mol. The zero-order chi connectivity index (χ0) is 14.6. The highest BCUT2D eigenvalue weighted by Gasteiger charge is 2.27. The molecule has 0 atom stereocenters. The summed E-state index contributed by atoms with van der Waals surface area (Å²) in [5.41, 5.74) is 1.95. The summed E-state index contributed by atoms with van der Waals surface area (Å²) in [5, 5.41) is 1.93. The SMILES string of the molecule is O=C1c2ccccc2C(=O)c2ccc(Cl)c3cccc1c23. The number of rotatable bonds is 0. The number of fused-ring (bicyclic) bond motifs is 1. The van der Waals surface area contributed by atoms with Gasteiger partial charge in [-0.15, -0.1) is 0 Å². The fourth-order valence-corrected chi connectivity index (χ4v) is 3.14. The number of carbonyl (C=O) groups is 2. The summed E-state index contributed by atoms with van der Waals surface area (Å²) >= 11 is 6.22. The zero-order valence-corrected chi connectivity index (χ0v) is 11.6. The Kier molecular flexibility index (Phi) is 2.50. The third-order valence-electron chi connectivity index (χ3n) is 3.89. The molecule has 4 rings (SSSR count). The van der Waals surface area contributed by atoms with E-state index in [0.29, 0.717) is 32.7 Å². The van der Waals surface area contributed by atoms with Gasteiger partial charge in [-0.25, -0.2) is 0 Å². The van der Waals surface area contributed by atoms with Crippen LogP contribution in [0.2, 0.25) is 5.02 Å². The maximum Gasteiger partial charge on any atom is 0.194 e. The van der Waals surface area contributed by atoms with Crippen LogP contribution in [0.4, 0.5) is 0 Å². The molecule has 0 unspecified atom stereocenters. The second kappa shape index (κ2) is 4.27. The lowest BCUT2D eigenvalue weighted by atomic mass is 9.96. The van der Waals surface area contributed by atoms with Crippen LogP contribution in [-0.2, 0) is 0 Å². The molecule has 0 fully saturated rings. The van der Waals surface area contributed by atoms with Gasteiger partial charge in [-0.3, -0.25) is 9.59 Å². The molecule has 1 aliphatic rings. The van der Waals surface area contributed by atoms with E-state index in [1.54, 1.807) is 48.5 Å². The van der Waals surface area contributed by atoms with Gasteiger partial charge in [0.15, 0.2) is 11.6 Å². The normalized spacial score (nSPS) is 13.2. The largest absolute Gasteiger partial charge is 0.289 e. The van der Waals surface area contributed by atoms with E-state index in [4.69, 9.17) is 11.6 Å². The first-order valence-corrected chi connectivity index (χ1v) is 6.96.